The zero-order chi connectivity index (χ0) is 11.9. The molecular weight excluding hydrogens is 206 g/mol. The smallest absolute Gasteiger partial charge is 0.326 e. The Morgan fingerprint density at radius 3 is 2.62 bits per heavy atom. The van der Waals surface area contributed by atoms with Crippen LogP contribution in [-0.4, -0.2) is 34.0 Å². The van der Waals surface area contributed by atoms with Crippen LogP contribution >= 0.6 is 0 Å². The molecule has 3 atom stereocenters. The zero-order valence-electron chi connectivity index (χ0n) is 9.90. The molecule has 1 saturated carbocycles. The highest BCUT2D eigenvalue weighted by Gasteiger charge is 2.53. The summed E-state index contributed by atoms with van der Waals surface area (Å²) in [5.41, 5.74) is 0.0208. The van der Waals surface area contributed by atoms with Crippen LogP contribution in [-0.2, 0) is 9.59 Å². The number of carboxylic acid groups (broad SMARTS) is 1. The minimum Gasteiger partial charge on any atom is -0.480 e. The lowest BCUT2D eigenvalue weighted by atomic mass is 9.71. The molecule has 1 saturated heterocycles. The van der Waals surface area contributed by atoms with Crippen molar-refractivity contribution in [3.05, 3.63) is 0 Å². The van der Waals surface area contributed by atoms with E-state index in [-0.39, 0.29) is 17.4 Å². The molecule has 0 aromatic heterocycles. The number of fused-ring (bicyclic) bond motifs is 1. The van der Waals surface area contributed by atoms with Crippen LogP contribution in [0.15, 0.2) is 0 Å². The normalized spacial score (nSPS) is 38.2. The topological polar surface area (TPSA) is 57.6 Å². The molecule has 1 aliphatic carbocycles. The van der Waals surface area contributed by atoms with Gasteiger partial charge < -0.3 is 10.0 Å². The third-order valence-electron chi connectivity index (χ3n) is 4.26. The van der Waals surface area contributed by atoms with E-state index in [0.29, 0.717) is 6.42 Å². The highest BCUT2D eigenvalue weighted by molar-refractivity contribution is 5.83. The van der Waals surface area contributed by atoms with Gasteiger partial charge in [-0.25, -0.2) is 4.79 Å². The predicted molar refractivity (Wildman–Crippen MR) is 58.9 cm³/mol. The second kappa shape index (κ2) is 3.75. The molecule has 0 bridgehead atoms. The first kappa shape index (κ1) is 11.4. The molecule has 0 aromatic carbocycles. The summed E-state index contributed by atoms with van der Waals surface area (Å²) in [5.74, 6) is -0.950. The molecule has 1 N–H and O–H groups in total. The van der Waals surface area contributed by atoms with Crippen LogP contribution in [0.5, 0.6) is 0 Å². The monoisotopic (exact) mass is 225 g/mol. The Morgan fingerprint density at radius 2 is 2.06 bits per heavy atom. The van der Waals surface area contributed by atoms with Gasteiger partial charge in [0.05, 0.1) is 0 Å². The maximum Gasteiger partial charge on any atom is 0.326 e. The summed E-state index contributed by atoms with van der Waals surface area (Å²) in [6.45, 7) is 3.62. The zero-order valence-corrected chi connectivity index (χ0v) is 9.90. The Bertz CT molecular complexity index is 328. The summed E-state index contributed by atoms with van der Waals surface area (Å²) < 4.78 is 0. The fraction of sp³-hybridized carbons (Fsp3) is 0.833. The van der Waals surface area contributed by atoms with Crippen LogP contribution in [0.4, 0.5) is 0 Å². The molecular formula is C12H19NO3. The average molecular weight is 225 g/mol. The van der Waals surface area contributed by atoms with Gasteiger partial charge in [0.2, 0.25) is 5.91 Å². The molecule has 0 unspecified atom stereocenters. The van der Waals surface area contributed by atoms with Crippen molar-refractivity contribution in [3.8, 4) is 0 Å². The van der Waals surface area contributed by atoms with Crippen molar-refractivity contribution in [3.63, 3.8) is 0 Å². The van der Waals surface area contributed by atoms with E-state index in [1.807, 2.05) is 0 Å². The maximum atomic E-state index is 11.6. The highest BCUT2D eigenvalue weighted by atomic mass is 16.4. The quantitative estimate of drug-likeness (QED) is 0.738. The highest BCUT2D eigenvalue weighted by Crippen LogP contribution is 2.49. The number of nitrogens with zero attached hydrogens (tertiary/aromatic N) is 1. The number of carbonyl (C=O) groups excluding carboxylic acids is 1. The van der Waals surface area contributed by atoms with E-state index in [1.54, 1.807) is 4.90 Å². The standard InChI is InChI=1S/C12H19NO3/c1-8(14)13-9(11(15)16)7-12(2)6-4-3-5-10(12)13/h9-10H,3-7H2,1-2H3,(H,15,16)/t9-,10-,12-/m0/s1. The first-order chi connectivity index (χ1) is 7.46. The van der Waals surface area contributed by atoms with Crippen molar-refractivity contribution in [2.24, 2.45) is 5.41 Å². The summed E-state index contributed by atoms with van der Waals surface area (Å²) in [4.78, 5) is 24.4. The molecule has 0 aromatic rings. The van der Waals surface area contributed by atoms with Crippen molar-refractivity contribution in [1.29, 1.82) is 0 Å². The Hall–Kier alpha value is -1.06. The van der Waals surface area contributed by atoms with E-state index in [1.165, 1.54) is 6.92 Å². The van der Waals surface area contributed by atoms with Gasteiger partial charge in [0, 0.05) is 13.0 Å². The molecule has 4 nitrogen and oxygen atoms in total. The fourth-order valence-electron chi connectivity index (χ4n) is 3.50. The minimum absolute atomic E-state index is 0.0208. The number of hydrogen-bond donors (Lipinski definition) is 1. The number of carboxylic acids is 1. The van der Waals surface area contributed by atoms with Crippen LogP contribution in [0.25, 0.3) is 0 Å². The molecule has 2 rings (SSSR count). The lowest BCUT2D eigenvalue weighted by Crippen LogP contribution is -2.46. The maximum absolute atomic E-state index is 11.6. The molecule has 1 aliphatic heterocycles. The molecule has 4 heteroatoms. The van der Waals surface area contributed by atoms with E-state index in [0.717, 1.165) is 25.7 Å². The third kappa shape index (κ3) is 1.60. The van der Waals surface area contributed by atoms with Gasteiger partial charge in [-0.3, -0.25) is 4.79 Å². The molecule has 1 heterocycles. The molecule has 1 amide bonds. The number of amides is 1. The average Bonchev–Trinajstić information content (AvgIpc) is 2.50. The van der Waals surface area contributed by atoms with E-state index in [2.05, 4.69) is 6.92 Å². The second-order valence-electron chi connectivity index (χ2n) is 5.40. The minimum atomic E-state index is -0.856. The summed E-state index contributed by atoms with van der Waals surface area (Å²) in [6.07, 6.45) is 4.89. The van der Waals surface area contributed by atoms with Crippen molar-refractivity contribution >= 4 is 11.9 Å². The Balaban J connectivity index is 2.31. The second-order valence-corrected chi connectivity index (χ2v) is 5.40. The number of carbonyl (C=O) groups is 2. The third-order valence-corrected chi connectivity index (χ3v) is 4.26. The molecule has 2 fully saturated rings. The Labute approximate surface area is 95.6 Å². The van der Waals surface area contributed by atoms with E-state index in [4.69, 9.17) is 0 Å². The van der Waals surface area contributed by atoms with Crippen LogP contribution in [0.3, 0.4) is 0 Å². The van der Waals surface area contributed by atoms with Crippen LogP contribution in [0.2, 0.25) is 0 Å². The lowest BCUT2D eigenvalue weighted by molar-refractivity contribution is -0.149. The van der Waals surface area contributed by atoms with Gasteiger partial charge in [-0.05, 0) is 24.7 Å². The predicted octanol–water partition coefficient (Wildman–Crippen LogP) is 1.64. The van der Waals surface area contributed by atoms with Crippen LogP contribution in [0, 0.1) is 5.41 Å². The molecule has 90 valence electrons. The van der Waals surface area contributed by atoms with Gasteiger partial charge in [-0.1, -0.05) is 19.8 Å². The van der Waals surface area contributed by atoms with E-state index >= 15 is 0 Å². The van der Waals surface area contributed by atoms with Gasteiger partial charge in [0.1, 0.15) is 6.04 Å². The molecule has 0 radical (unpaired) electrons. The lowest BCUT2D eigenvalue weighted by Gasteiger charge is -2.39. The first-order valence-corrected chi connectivity index (χ1v) is 5.97. The number of hydrogen-bond acceptors (Lipinski definition) is 2. The molecule has 2 aliphatic rings. The van der Waals surface area contributed by atoms with Crippen LogP contribution in [0.1, 0.15) is 46.0 Å². The number of rotatable bonds is 1. The number of aliphatic carboxylic acids is 1. The summed E-state index contributed by atoms with van der Waals surface area (Å²) >= 11 is 0. The van der Waals surface area contributed by atoms with Gasteiger partial charge in [-0.2, -0.15) is 0 Å². The largest absolute Gasteiger partial charge is 0.480 e. The summed E-state index contributed by atoms with van der Waals surface area (Å²) in [5, 5.41) is 9.20. The SMILES string of the molecule is CC(=O)N1[C@H]2CCCC[C@@]2(C)C[C@H]1C(=O)O. The van der Waals surface area contributed by atoms with Gasteiger partial charge >= 0.3 is 5.97 Å². The van der Waals surface area contributed by atoms with Gasteiger partial charge in [-0.15, -0.1) is 0 Å². The summed E-state index contributed by atoms with van der Waals surface area (Å²) in [6, 6.07) is -0.467. The van der Waals surface area contributed by atoms with Gasteiger partial charge in [0.15, 0.2) is 0 Å². The Morgan fingerprint density at radius 1 is 1.38 bits per heavy atom. The molecule has 16 heavy (non-hydrogen) atoms. The summed E-state index contributed by atoms with van der Waals surface area (Å²) in [7, 11) is 0. The molecule has 0 spiro atoms. The van der Waals surface area contributed by atoms with E-state index in [9.17, 15) is 14.7 Å². The van der Waals surface area contributed by atoms with Gasteiger partial charge in [0.25, 0.3) is 0 Å². The van der Waals surface area contributed by atoms with E-state index < -0.39 is 12.0 Å². The van der Waals surface area contributed by atoms with Crippen LogP contribution < -0.4 is 0 Å². The first-order valence-electron chi connectivity index (χ1n) is 5.97. The van der Waals surface area contributed by atoms with Crippen molar-refractivity contribution in [2.75, 3.05) is 0 Å². The van der Waals surface area contributed by atoms with Crippen molar-refractivity contribution in [1.82, 2.24) is 4.90 Å². The number of likely N-dealkylation sites (tertiary alicyclic amines) is 1. The fourth-order valence-corrected chi connectivity index (χ4v) is 3.50. The van der Waals surface area contributed by atoms with Crippen molar-refractivity contribution in [2.45, 2.75) is 58.0 Å². The van der Waals surface area contributed by atoms with Crippen molar-refractivity contribution < 1.29 is 14.7 Å². The Kier molecular flexibility index (Phi) is 2.68.